The van der Waals surface area contributed by atoms with Gasteiger partial charge in [-0.2, -0.15) is 0 Å². The minimum atomic E-state index is -1.25. The molecule has 8 nitrogen and oxygen atoms in total. The third kappa shape index (κ3) is 62.7. The quantitative estimate of drug-likeness (QED) is 0.0257. The standard InChI is InChI=1S/C77H132O8/c1-5-9-13-17-21-25-29-33-37-41-45-49-53-57-61-65-73(78)82-69-77(70-83-74(79)66-62-58-54-50-46-42-38-34-30-26-22-18-14-10-6-2,71-84-75(80)67-63-59-55-51-47-43-39-35-31-27-23-19-15-11-7-3)72-85-76(81)68-64-60-56-52-48-44-40-36-32-28-24-20-16-12-8-4/h21-28,33-40H,5-20,29-32,41-72H2,1-4H3/b25-21+,26-22+,27-23+,28-24+,37-33+,38-34+,39-35+,40-36+. The van der Waals surface area contributed by atoms with Gasteiger partial charge in [0.15, 0.2) is 0 Å². The zero-order chi connectivity index (χ0) is 61.7. The van der Waals surface area contributed by atoms with Gasteiger partial charge in [-0.05, 0) is 154 Å². The van der Waals surface area contributed by atoms with Crippen LogP contribution in [0.3, 0.4) is 0 Å². The number of hydrogen-bond donors (Lipinski definition) is 0. The van der Waals surface area contributed by atoms with Crippen molar-refractivity contribution < 1.29 is 38.1 Å². The number of unbranched alkanes of at least 4 members (excludes halogenated alkanes) is 32. The lowest BCUT2D eigenvalue weighted by Crippen LogP contribution is -2.44. The maximum atomic E-state index is 13.4. The van der Waals surface area contributed by atoms with Crippen LogP contribution < -0.4 is 0 Å². The monoisotopic (exact) mass is 1180 g/mol. The summed E-state index contributed by atoms with van der Waals surface area (Å²) >= 11 is 0. The lowest BCUT2D eigenvalue weighted by molar-refractivity contribution is -0.170. The van der Waals surface area contributed by atoms with Crippen LogP contribution in [0.4, 0.5) is 0 Å². The molecule has 0 radical (unpaired) electrons. The van der Waals surface area contributed by atoms with E-state index in [-0.39, 0.29) is 76.0 Å². The Morgan fingerprint density at radius 3 is 0.576 bits per heavy atom. The molecule has 0 bridgehead atoms. The second kappa shape index (κ2) is 67.3. The van der Waals surface area contributed by atoms with Gasteiger partial charge < -0.3 is 18.9 Å². The summed E-state index contributed by atoms with van der Waals surface area (Å²) < 4.78 is 23.8. The summed E-state index contributed by atoms with van der Waals surface area (Å²) in [5, 5.41) is 0. The van der Waals surface area contributed by atoms with Crippen LogP contribution in [-0.4, -0.2) is 50.3 Å². The molecule has 0 fully saturated rings. The van der Waals surface area contributed by atoms with Gasteiger partial charge in [0.05, 0.1) is 0 Å². The summed E-state index contributed by atoms with van der Waals surface area (Å²) in [4.78, 5) is 53.5. The zero-order valence-corrected chi connectivity index (χ0v) is 55.8. The average Bonchev–Trinajstić information content (AvgIpc) is 3.60. The zero-order valence-electron chi connectivity index (χ0n) is 55.8. The molecule has 0 N–H and O–H groups in total. The Morgan fingerprint density at radius 1 is 0.224 bits per heavy atom. The molecule has 0 spiro atoms. The molecule has 488 valence electrons. The van der Waals surface area contributed by atoms with E-state index in [2.05, 4.69) is 125 Å². The van der Waals surface area contributed by atoms with E-state index in [1.165, 1.54) is 103 Å². The van der Waals surface area contributed by atoms with Gasteiger partial charge in [0, 0.05) is 25.7 Å². The van der Waals surface area contributed by atoms with Crippen LogP contribution in [0.25, 0.3) is 0 Å². The summed E-state index contributed by atoms with van der Waals surface area (Å²) in [6, 6.07) is 0. The number of esters is 4. The Labute approximate surface area is 524 Å². The Morgan fingerprint density at radius 2 is 0.388 bits per heavy atom. The molecule has 0 amide bonds. The van der Waals surface area contributed by atoms with E-state index in [1.54, 1.807) is 0 Å². The first-order chi connectivity index (χ1) is 41.8. The summed E-state index contributed by atoms with van der Waals surface area (Å²) in [7, 11) is 0. The van der Waals surface area contributed by atoms with Gasteiger partial charge in [-0.3, -0.25) is 19.2 Å². The molecule has 0 aromatic carbocycles. The smallest absolute Gasteiger partial charge is 0.305 e. The van der Waals surface area contributed by atoms with Crippen molar-refractivity contribution in [2.24, 2.45) is 5.41 Å². The SMILES string of the molecule is CCCCC/C=C/C/C=C/CCCCCCCC(=O)OCC(COC(=O)CCCCCCC/C=C/C/C=C/CCCCC)(COC(=O)CCCCCCC/C=C/C/C=C/CCCCC)COC(=O)CCCCCCC/C=C/C/C=C/CCCCC. The minimum absolute atomic E-state index is 0.197. The van der Waals surface area contributed by atoms with E-state index >= 15 is 0 Å². The van der Waals surface area contributed by atoms with Gasteiger partial charge >= 0.3 is 23.9 Å². The molecule has 0 aliphatic rings. The van der Waals surface area contributed by atoms with Crippen molar-refractivity contribution in [3.8, 4) is 0 Å². The van der Waals surface area contributed by atoms with Crippen molar-refractivity contribution in [2.75, 3.05) is 26.4 Å². The van der Waals surface area contributed by atoms with Crippen molar-refractivity contribution in [1.82, 2.24) is 0 Å². The first-order valence-electron chi connectivity index (χ1n) is 35.6. The lowest BCUT2D eigenvalue weighted by atomic mass is 9.92. The van der Waals surface area contributed by atoms with Crippen molar-refractivity contribution in [3.63, 3.8) is 0 Å². The van der Waals surface area contributed by atoms with E-state index < -0.39 is 5.41 Å². The molecule has 0 aliphatic heterocycles. The molecule has 0 atom stereocenters. The second-order valence-electron chi connectivity index (χ2n) is 24.1. The fourth-order valence-corrected chi connectivity index (χ4v) is 9.80. The first kappa shape index (κ1) is 80.8. The van der Waals surface area contributed by atoms with Crippen LogP contribution in [0, 0.1) is 5.41 Å². The van der Waals surface area contributed by atoms with Crippen LogP contribution in [0.15, 0.2) is 97.2 Å². The van der Waals surface area contributed by atoms with Crippen molar-refractivity contribution >= 4 is 23.9 Å². The summed E-state index contributed by atoms with van der Waals surface area (Å²) in [6.45, 7) is 8.15. The largest absolute Gasteiger partial charge is 0.465 e. The molecular weight excluding hydrogens is 1050 g/mol. The highest BCUT2D eigenvalue weighted by atomic mass is 16.6. The molecule has 0 saturated heterocycles. The molecular formula is C77H132O8. The predicted molar refractivity (Wildman–Crippen MR) is 364 cm³/mol. The number of ether oxygens (including phenoxy) is 4. The predicted octanol–water partition coefficient (Wildman–Crippen LogP) is 23.4. The Bertz CT molecular complexity index is 1490. The third-order valence-electron chi connectivity index (χ3n) is 15.5. The van der Waals surface area contributed by atoms with Crippen LogP contribution >= 0.6 is 0 Å². The van der Waals surface area contributed by atoms with E-state index in [0.29, 0.717) is 25.7 Å². The van der Waals surface area contributed by atoms with Crippen molar-refractivity contribution in [2.45, 2.75) is 336 Å². The van der Waals surface area contributed by atoms with Crippen molar-refractivity contribution in [3.05, 3.63) is 97.2 Å². The third-order valence-corrected chi connectivity index (χ3v) is 15.5. The minimum Gasteiger partial charge on any atom is -0.465 e. The van der Waals surface area contributed by atoms with Gasteiger partial charge in [0.1, 0.15) is 31.8 Å². The van der Waals surface area contributed by atoms with E-state index in [0.717, 1.165) is 154 Å². The van der Waals surface area contributed by atoms with Crippen LogP contribution in [-0.2, 0) is 38.1 Å². The van der Waals surface area contributed by atoms with Gasteiger partial charge in [0.2, 0.25) is 0 Å². The lowest BCUT2D eigenvalue weighted by Gasteiger charge is -2.31. The fraction of sp³-hybridized carbons (Fsp3) is 0.740. The molecule has 8 heteroatoms. The topological polar surface area (TPSA) is 105 Å². The molecule has 0 unspecified atom stereocenters. The highest BCUT2D eigenvalue weighted by molar-refractivity contribution is 5.71. The van der Waals surface area contributed by atoms with Gasteiger partial charge in [-0.1, -0.05) is 253 Å². The normalized spacial score (nSPS) is 12.4. The molecule has 0 saturated carbocycles. The molecule has 0 aromatic rings. The average molecular weight is 1190 g/mol. The van der Waals surface area contributed by atoms with Gasteiger partial charge in [-0.15, -0.1) is 0 Å². The van der Waals surface area contributed by atoms with Crippen LogP contribution in [0.5, 0.6) is 0 Å². The summed E-state index contributed by atoms with van der Waals surface area (Å²) in [5.74, 6) is -1.45. The maximum Gasteiger partial charge on any atom is 0.305 e. The molecule has 0 aromatic heterocycles. The number of rotatable bonds is 64. The molecule has 85 heavy (non-hydrogen) atoms. The number of carbonyl (C=O) groups is 4. The maximum absolute atomic E-state index is 13.4. The first-order valence-corrected chi connectivity index (χ1v) is 35.6. The molecule has 0 rings (SSSR count). The fourth-order valence-electron chi connectivity index (χ4n) is 9.80. The highest BCUT2D eigenvalue weighted by Crippen LogP contribution is 2.24. The van der Waals surface area contributed by atoms with E-state index in [1.807, 2.05) is 0 Å². The summed E-state index contributed by atoms with van der Waals surface area (Å²) in [5.41, 5.74) is -1.25. The van der Waals surface area contributed by atoms with Gasteiger partial charge in [-0.25, -0.2) is 0 Å². The van der Waals surface area contributed by atoms with Crippen molar-refractivity contribution in [1.29, 1.82) is 0 Å². The van der Waals surface area contributed by atoms with Gasteiger partial charge in [0.25, 0.3) is 0 Å². The van der Waals surface area contributed by atoms with Crippen LogP contribution in [0.2, 0.25) is 0 Å². The Kier molecular flexibility index (Phi) is 64.0. The van der Waals surface area contributed by atoms with Crippen LogP contribution in [0.1, 0.15) is 336 Å². The number of hydrogen-bond acceptors (Lipinski definition) is 8. The molecule has 0 heterocycles. The van der Waals surface area contributed by atoms with E-state index in [9.17, 15) is 19.2 Å². The summed E-state index contributed by atoms with van der Waals surface area (Å²) in [6.07, 6.45) is 85.2. The molecule has 0 aliphatic carbocycles. The highest BCUT2D eigenvalue weighted by Gasteiger charge is 2.38. The Balaban J connectivity index is 5.59. The van der Waals surface area contributed by atoms with E-state index in [4.69, 9.17) is 18.9 Å². The number of carbonyl (C=O) groups excluding carboxylic acids is 4. The number of allylic oxidation sites excluding steroid dienone is 16. The Hall–Kier alpha value is -4.20. The second-order valence-corrected chi connectivity index (χ2v) is 24.1.